The molecule has 0 atom stereocenters. The number of carbonyl (C=O) groups excluding carboxylic acids is 1. The minimum atomic E-state index is -1.07. The second-order valence-electron chi connectivity index (χ2n) is 4.50. The van der Waals surface area contributed by atoms with Crippen LogP contribution >= 0.6 is 11.6 Å². The first kappa shape index (κ1) is 15.1. The van der Waals surface area contributed by atoms with Crippen molar-refractivity contribution in [3.8, 4) is 0 Å². The van der Waals surface area contributed by atoms with Crippen molar-refractivity contribution in [1.82, 2.24) is 9.78 Å². The van der Waals surface area contributed by atoms with Crippen LogP contribution in [0.25, 0.3) is 0 Å². The number of carboxylic acid groups (broad SMARTS) is 1. The van der Waals surface area contributed by atoms with Gasteiger partial charge in [0.25, 0.3) is 0 Å². The zero-order chi connectivity index (χ0) is 15.4. The van der Waals surface area contributed by atoms with Gasteiger partial charge in [0.2, 0.25) is 5.91 Å². The number of aryl methyl sites for hydroxylation is 2. The minimum absolute atomic E-state index is 0.0572. The average Bonchev–Trinajstić information content (AvgIpc) is 2.89. The van der Waals surface area contributed by atoms with Crippen LogP contribution in [0.4, 0.5) is 5.69 Å². The van der Waals surface area contributed by atoms with Gasteiger partial charge in [0.15, 0.2) is 0 Å². The predicted molar refractivity (Wildman–Crippen MR) is 78.6 cm³/mol. The molecule has 6 nitrogen and oxygen atoms in total. The first-order valence-corrected chi connectivity index (χ1v) is 6.66. The lowest BCUT2D eigenvalue weighted by atomic mass is 10.2. The third-order valence-corrected chi connectivity index (χ3v) is 3.20. The summed E-state index contributed by atoms with van der Waals surface area (Å²) >= 11 is 5.88. The van der Waals surface area contributed by atoms with Gasteiger partial charge in [-0.25, -0.2) is 4.79 Å². The average molecular weight is 308 g/mol. The molecule has 0 aliphatic heterocycles. The number of hydrogen-bond acceptors (Lipinski definition) is 3. The van der Waals surface area contributed by atoms with Gasteiger partial charge in [-0.3, -0.25) is 9.48 Å². The fourth-order valence-corrected chi connectivity index (χ4v) is 2.01. The summed E-state index contributed by atoms with van der Waals surface area (Å²) in [6.45, 7) is 2.06. The first-order valence-electron chi connectivity index (χ1n) is 6.28. The lowest BCUT2D eigenvalue weighted by Crippen LogP contribution is -2.17. The highest BCUT2D eigenvalue weighted by Gasteiger charge is 2.12. The maximum atomic E-state index is 11.9. The lowest BCUT2D eigenvalue weighted by molar-refractivity contribution is -0.116. The molecule has 1 amide bonds. The summed E-state index contributed by atoms with van der Waals surface area (Å²) in [5, 5.41) is 16.1. The summed E-state index contributed by atoms with van der Waals surface area (Å²) in [5.41, 5.74) is 1.60. The van der Waals surface area contributed by atoms with E-state index in [1.807, 2.05) is 13.0 Å². The maximum absolute atomic E-state index is 11.9. The summed E-state index contributed by atoms with van der Waals surface area (Å²) in [5.74, 6) is -1.30. The Morgan fingerprint density at radius 3 is 2.86 bits per heavy atom. The second-order valence-corrected chi connectivity index (χ2v) is 4.94. The molecule has 21 heavy (non-hydrogen) atoms. The first-order chi connectivity index (χ1) is 9.97. The standard InChI is InChI=1S/C14H14ClN3O3/c1-9-2-3-10(15)8-11(9)17-13(19)5-7-18-12(14(20)21)4-6-16-18/h2-4,6,8H,5,7H2,1H3,(H,17,19)(H,20,21). The Morgan fingerprint density at radius 2 is 2.14 bits per heavy atom. The largest absolute Gasteiger partial charge is 0.477 e. The van der Waals surface area contributed by atoms with Crippen molar-refractivity contribution in [2.75, 3.05) is 5.32 Å². The molecular weight excluding hydrogens is 294 g/mol. The van der Waals surface area contributed by atoms with Crippen LogP contribution in [0.5, 0.6) is 0 Å². The molecule has 110 valence electrons. The van der Waals surface area contributed by atoms with Gasteiger partial charge in [-0.15, -0.1) is 0 Å². The predicted octanol–water partition coefficient (Wildman–Crippen LogP) is 2.57. The molecule has 0 spiro atoms. The number of hydrogen-bond donors (Lipinski definition) is 2. The number of carbonyl (C=O) groups is 2. The van der Waals surface area contributed by atoms with Gasteiger partial charge >= 0.3 is 5.97 Å². The van der Waals surface area contributed by atoms with E-state index in [0.717, 1.165) is 5.56 Å². The topological polar surface area (TPSA) is 84.2 Å². The van der Waals surface area contributed by atoms with E-state index in [9.17, 15) is 9.59 Å². The van der Waals surface area contributed by atoms with Crippen LogP contribution in [0.2, 0.25) is 5.02 Å². The van der Waals surface area contributed by atoms with Crippen LogP contribution in [-0.2, 0) is 11.3 Å². The second kappa shape index (κ2) is 6.41. The van der Waals surface area contributed by atoms with Gasteiger partial charge in [-0.05, 0) is 30.7 Å². The molecule has 0 unspecified atom stereocenters. The molecule has 0 radical (unpaired) electrons. The van der Waals surface area contributed by atoms with Gasteiger partial charge in [0, 0.05) is 23.3 Å². The third kappa shape index (κ3) is 3.82. The Kier molecular flexibility index (Phi) is 4.59. The number of aromatic carboxylic acids is 1. The van der Waals surface area contributed by atoms with Gasteiger partial charge in [-0.1, -0.05) is 17.7 Å². The van der Waals surface area contributed by atoms with Crippen molar-refractivity contribution in [2.45, 2.75) is 19.9 Å². The quantitative estimate of drug-likeness (QED) is 0.889. The molecule has 2 N–H and O–H groups in total. The van der Waals surface area contributed by atoms with Crippen molar-refractivity contribution >= 4 is 29.2 Å². The van der Waals surface area contributed by atoms with E-state index in [1.54, 1.807) is 12.1 Å². The van der Waals surface area contributed by atoms with E-state index < -0.39 is 5.97 Å². The van der Waals surface area contributed by atoms with E-state index >= 15 is 0 Å². The molecule has 1 heterocycles. The summed E-state index contributed by atoms with van der Waals surface area (Å²) in [7, 11) is 0. The van der Waals surface area contributed by atoms with E-state index in [1.165, 1.54) is 16.9 Å². The molecule has 0 aliphatic carbocycles. The summed E-state index contributed by atoms with van der Waals surface area (Å²) in [6, 6.07) is 6.62. The van der Waals surface area contributed by atoms with Crippen LogP contribution in [0.1, 0.15) is 22.5 Å². The highest BCUT2D eigenvalue weighted by Crippen LogP contribution is 2.20. The molecular formula is C14H14ClN3O3. The highest BCUT2D eigenvalue weighted by molar-refractivity contribution is 6.31. The fourth-order valence-electron chi connectivity index (χ4n) is 1.84. The number of aromatic nitrogens is 2. The number of benzene rings is 1. The Bertz CT molecular complexity index is 682. The van der Waals surface area contributed by atoms with Crippen LogP contribution in [0.3, 0.4) is 0 Å². The Balaban J connectivity index is 1.98. The smallest absolute Gasteiger partial charge is 0.354 e. The zero-order valence-corrected chi connectivity index (χ0v) is 12.1. The number of amides is 1. The number of anilines is 1. The summed E-state index contributed by atoms with van der Waals surface area (Å²) in [6.07, 6.45) is 1.51. The van der Waals surface area contributed by atoms with Crippen LogP contribution in [0, 0.1) is 6.92 Å². The Morgan fingerprint density at radius 1 is 1.38 bits per heavy atom. The Labute approximate surface area is 126 Å². The van der Waals surface area contributed by atoms with Gasteiger partial charge in [0.1, 0.15) is 5.69 Å². The van der Waals surface area contributed by atoms with Crippen molar-refractivity contribution in [3.05, 3.63) is 46.7 Å². The van der Waals surface area contributed by atoms with Gasteiger partial charge in [0.05, 0.1) is 6.54 Å². The van der Waals surface area contributed by atoms with E-state index in [4.69, 9.17) is 16.7 Å². The van der Waals surface area contributed by atoms with Gasteiger partial charge in [-0.2, -0.15) is 5.10 Å². The molecule has 0 bridgehead atoms. The van der Waals surface area contributed by atoms with E-state index in [2.05, 4.69) is 10.4 Å². The molecule has 7 heteroatoms. The molecule has 0 saturated heterocycles. The number of rotatable bonds is 5. The Hall–Kier alpha value is -2.34. The highest BCUT2D eigenvalue weighted by atomic mass is 35.5. The zero-order valence-electron chi connectivity index (χ0n) is 11.3. The number of nitrogens with one attached hydrogen (secondary N) is 1. The van der Waals surface area contributed by atoms with Crippen molar-refractivity contribution < 1.29 is 14.7 Å². The molecule has 1 aromatic heterocycles. The van der Waals surface area contributed by atoms with E-state index in [-0.39, 0.29) is 24.6 Å². The fraction of sp³-hybridized carbons (Fsp3) is 0.214. The number of carboxylic acids is 1. The number of nitrogens with zero attached hydrogens (tertiary/aromatic N) is 2. The monoisotopic (exact) mass is 307 g/mol. The maximum Gasteiger partial charge on any atom is 0.354 e. The molecule has 2 rings (SSSR count). The molecule has 2 aromatic rings. The lowest BCUT2D eigenvalue weighted by Gasteiger charge is -2.09. The van der Waals surface area contributed by atoms with Crippen LogP contribution in [0.15, 0.2) is 30.5 Å². The molecule has 0 fully saturated rings. The molecule has 1 aromatic carbocycles. The van der Waals surface area contributed by atoms with Crippen LogP contribution in [-0.4, -0.2) is 26.8 Å². The van der Waals surface area contributed by atoms with Gasteiger partial charge < -0.3 is 10.4 Å². The SMILES string of the molecule is Cc1ccc(Cl)cc1NC(=O)CCn1nccc1C(=O)O. The minimum Gasteiger partial charge on any atom is -0.477 e. The van der Waals surface area contributed by atoms with Crippen molar-refractivity contribution in [3.63, 3.8) is 0 Å². The van der Waals surface area contributed by atoms with Crippen LogP contribution < -0.4 is 5.32 Å². The summed E-state index contributed by atoms with van der Waals surface area (Å²) in [4.78, 5) is 22.8. The van der Waals surface area contributed by atoms with Crippen molar-refractivity contribution in [1.29, 1.82) is 0 Å². The number of halogens is 1. The third-order valence-electron chi connectivity index (χ3n) is 2.96. The molecule has 0 aliphatic rings. The normalized spacial score (nSPS) is 10.4. The molecule has 0 saturated carbocycles. The van der Waals surface area contributed by atoms with Crippen molar-refractivity contribution in [2.24, 2.45) is 0 Å². The summed E-state index contributed by atoms with van der Waals surface area (Å²) < 4.78 is 1.28. The van der Waals surface area contributed by atoms with E-state index in [0.29, 0.717) is 10.7 Å².